The number of aryl methyl sites for hydroxylation is 2. The normalized spacial score (nSPS) is 17.9. The van der Waals surface area contributed by atoms with Crippen LogP contribution in [0.2, 0.25) is 0 Å². The van der Waals surface area contributed by atoms with E-state index in [1.807, 2.05) is 63.5 Å². The van der Waals surface area contributed by atoms with Gasteiger partial charge < -0.3 is 45.8 Å². The second-order valence-corrected chi connectivity index (χ2v) is 23.8. The summed E-state index contributed by atoms with van der Waals surface area (Å²) in [5, 5.41) is 31.8. The lowest BCUT2D eigenvalue weighted by Crippen LogP contribution is -2.57. The van der Waals surface area contributed by atoms with Crippen LogP contribution in [-0.4, -0.2) is 134 Å². The van der Waals surface area contributed by atoms with Crippen LogP contribution < -0.4 is 26.2 Å². The third-order valence-corrected chi connectivity index (χ3v) is 17.1. The predicted molar refractivity (Wildman–Crippen MR) is 305 cm³/mol. The SMILES string of the molecule is CNC(=O)N1CCc2c(c(N3CCCc4cc(-c5cnn(CC(=O)NCCCCCCCCC(=O)N[C@H](C(=O)N6C[C@H](O)C[C@H]6C(=O)NCc6ccc(-c7scnc7C)cc6)C(C)(C)C)c5)c(C(F)F)cc43)nn2C2CCOCC2)C1. The topological polar surface area (TPSA) is 221 Å². The van der Waals surface area contributed by atoms with Crippen molar-refractivity contribution in [2.75, 3.05) is 51.3 Å². The number of ether oxygens (including phenoxy) is 1. The molecule has 0 bridgehead atoms. The lowest BCUT2D eigenvalue weighted by atomic mass is 9.85. The molecule has 5 aromatic rings. The number of carbonyl (C=O) groups is 5. The second-order valence-electron chi connectivity index (χ2n) is 23.0. The van der Waals surface area contributed by atoms with Crippen molar-refractivity contribution in [2.45, 2.75) is 161 Å². The van der Waals surface area contributed by atoms with E-state index in [2.05, 4.69) is 40.9 Å². The lowest BCUT2D eigenvalue weighted by molar-refractivity contribution is -0.144. The van der Waals surface area contributed by atoms with Gasteiger partial charge >= 0.3 is 6.03 Å². The number of aliphatic hydroxyl groups excluding tert-OH is 1. The van der Waals surface area contributed by atoms with E-state index in [1.54, 1.807) is 35.5 Å². The highest BCUT2D eigenvalue weighted by Gasteiger charge is 2.44. The number of likely N-dealkylation sites (tertiary alicyclic amines) is 1. The van der Waals surface area contributed by atoms with Gasteiger partial charge in [0.05, 0.1) is 41.0 Å². The summed E-state index contributed by atoms with van der Waals surface area (Å²) in [6.07, 6.45) is 8.49. The quantitative estimate of drug-likeness (QED) is 0.0445. The van der Waals surface area contributed by atoms with E-state index >= 15 is 8.78 Å². The van der Waals surface area contributed by atoms with Crippen molar-refractivity contribution < 1.29 is 42.6 Å². The number of alkyl halides is 2. The number of thiazole rings is 1. The number of hydrogen-bond donors (Lipinski definition) is 5. The summed E-state index contributed by atoms with van der Waals surface area (Å²) in [5.74, 6) is -0.545. The van der Waals surface area contributed by atoms with Crippen LogP contribution in [0.4, 0.5) is 25.1 Å². The minimum absolute atomic E-state index is 0.000712. The zero-order chi connectivity index (χ0) is 57.4. The Morgan fingerprint density at radius 1 is 0.926 bits per heavy atom. The van der Waals surface area contributed by atoms with E-state index in [9.17, 15) is 29.1 Å². The maximum atomic E-state index is 15.1. The maximum absolute atomic E-state index is 15.1. The highest BCUT2D eigenvalue weighted by Crippen LogP contribution is 2.44. The van der Waals surface area contributed by atoms with E-state index in [0.29, 0.717) is 81.3 Å². The summed E-state index contributed by atoms with van der Waals surface area (Å²) < 4.78 is 39.4. The molecule has 81 heavy (non-hydrogen) atoms. The number of amides is 6. The molecule has 4 aliphatic heterocycles. The number of nitrogens with zero attached hydrogens (tertiary/aromatic N) is 8. The Labute approximate surface area is 476 Å². The van der Waals surface area contributed by atoms with Gasteiger partial charge in [0.1, 0.15) is 18.6 Å². The molecule has 2 aromatic carbocycles. The van der Waals surface area contributed by atoms with E-state index in [-0.39, 0.29) is 67.8 Å². The molecule has 9 rings (SSSR count). The number of benzene rings is 2. The van der Waals surface area contributed by atoms with Crippen LogP contribution in [0.5, 0.6) is 0 Å². The molecule has 0 radical (unpaired) electrons. The van der Waals surface area contributed by atoms with Gasteiger partial charge in [-0.05, 0) is 85.3 Å². The molecular formula is C59H78F2N12O7S. The van der Waals surface area contributed by atoms with Crippen molar-refractivity contribution >= 4 is 52.5 Å². The molecule has 19 nitrogen and oxygen atoms in total. The predicted octanol–water partition coefficient (Wildman–Crippen LogP) is 7.91. The Balaban J connectivity index is 0.706. The number of carbonyl (C=O) groups excluding carboxylic acids is 5. The number of β-amino-alcohol motifs (C(OH)–C–C–N with tert-alkyl or cyclic N) is 1. The van der Waals surface area contributed by atoms with Gasteiger partial charge in [-0.3, -0.25) is 28.5 Å². The number of urea groups is 1. The zero-order valence-corrected chi connectivity index (χ0v) is 48.1. The molecular weight excluding hydrogens is 1060 g/mol. The highest BCUT2D eigenvalue weighted by atomic mass is 32.1. The van der Waals surface area contributed by atoms with Crippen molar-refractivity contribution in [1.82, 2.24) is 55.6 Å². The molecule has 2 saturated heterocycles. The van der Waals surface area contributed by atoms with Crippen LogP contribution in [0.3, 0.4) is 0 Å². The van der Waals surface area contributed by atoms with Crippen molar-refractivity contribution in [3.8, 4) is 21.6 Å². The fraction of sp³-hybridized carbons (Fsp3) is 0.559. The van der Waals surface area contributed by atoms with Crippen LogP contribution in [0.1, 0.15) is 138 Å². The van der Waals surface area contributed by atoms with Crippen molar-refractivity contribution in [1.29, 1.82) is 0 Å². The summed E-state index contributed by atoms with van der Waals surface area (Å²) in [7, 11) is 1.62. The monoisotopic (exact) mass is 1140 g/mol. The second kappa shape index (κ2) is 26.4. The molecule has 5 N–H and O–H groups in total. The van der Waals surface area contributed by atoms with Crippen LogP contribution in [0, 0.1) is 12.3 Å². The number of fused-ring (bicyclic) bond motifs is 2. The number of rotatable bonds is 21. The zero-order valence-electron chi connectivity index (χ0n) is 47.3. The van der Waals surface area contributed by atoms with Crippen molar-refractivity contribution in [2.24, 2.45) is 5.41 Å². The molecule has 22 heteroatoms. The number of hydrogen-bond acceptors (Lipinski definition) is 12. The van der Waals surface area contributed by atoms with Gasteiger partial charge in [-0.1, -0.05) is 70.7 Å². The standard InChI is InChI=1S/C59H78F2N12O7S/c1-37-52(81-36-65-37)39-17-15-38(16-18-39)30-64-56(77)49-28-43(74)33-72(49)57(78)53(59(2,3)4)67-50(75)14-10-8-6-7-9-11-22-63-51(76)35-70-32-41(31-66-70)44-27-40-13-12-23-71(48(40)29-45(44)54(60)61)55-46-34-69(58(79)62-5)24-19-47(46)73(68-55)42-20-25-80-26-21-42/h15-18,27,29,31-32,36,42-43,49,53-54,74H,6-14,19-26,28,30,33-35H2,1-5H3,(H,62,79)(H,63,76)(H,64,77)(H,67,75)/t43-,49+,53-/m1/s1. The van der Waals surface area contributed by atoms with Crippen LogP contribution in [0.15, 0.2) is 54.3 Å². The van der Waals surface area contributed by atoms with E-state index in [1.165, 1.54) is 15.8 Å². The number of nitrogens with one attached hydrogen (secondary N) is 4. The Hall–Kier alpha value is -6.78. The van der Waals surface area contributed by atoms with Crippen molar-refractivity contribution in [3.05, 3.63) is 87.9 Å². The van der Waals surface area contributed by atoms with Gasteiger partial charge in [0.25, 0.3) is 6.43 Å². The van der Waals surface area contributed by atoms with Gasteiger partial charge in [-0.2, -0.15) is 10.2 Å². The minimum atomic E-state index is -2.78. The highest BCUT2D eigenvalue weighted by molar-refractivity contribution is 7.13. The molecule has 4 aliphatic rings. The average Bonchev–Trinajstić information content (AvgIpc) is 4.33. The summed E-state index contributed by atoms with van der Waals surface area (Å²) in [5.41, 5.74) is 8.42. The van der Waals surface area contributed by atoms with Crippen LogP contribution >= 0.6 is 11.3 Å². The third-order valence-electron chi connectivity index (χ3n) is 16.1. The molecule has 0 spiro atoms. The Kier molecular flexibility index (Phi) is 19.2. The van der Waals surface area contributed by atoms with Gasteiger partial charge in [0.15, 0.2) is 5.82 Å². The Bertz CT molecular complexity index is 3020. The molecule has 436 valence electrons. The molecule has 2 fully saturated rings. The smallest absolute Gasteiger partial charge is 0.317 e. The third kappa shape index (κ3) is 14.1. The van der Waals surface area contributed by atoms with Gasteiger partial charge in [0.2, 0.25) is 23.6 Å². The molecule has 3 atom stereocenters. The molecule has 6 amide bonds. The first kappa shape index (κ1) is 58.9. The first-order valence-electron chi connectivity index (χ1n) is 28.7. The average molecular weight is 1140 g/mol. The maximum Gasteiger partial charge on any atom is 0.317 e. The van der Waals surface area contributed by atoms with Gasteiger partial charge in [-0.15, -0.1) is 11.3 Å². The van der Waals surface area contributed by atoms with Crippen LogP contribution in [-0.2, 0) is 56.4 Å². The number of anilines is 2. The summed E-state index contributed by atoms with van der Waals surface area (Å²) in [6, 6.07) is 9.51. The largest absolute Gasteiger partial charge is 0.391 e. The molecule has 0 aliphatic carbocycles. The summed E-state index contributed by atoms with van der Waals surface area (Å²) in [4.78, 5) is 77.3. The lowest BCUT2D eigenvalue weighted by Gasteiger charge is -2.35. The number of aliphatic hydroxyl groups is 1. The van der Waals surface area contributed by atoms with E-state index in [4.69, 9.17) is 9.84 Å². The summed E-state index contributed by atoms with van der Waals surface area (Å²) >= 11 is 1.57. The van der Waals surface area contributed by atoms with Crippen LogP contribution in [0.25, 0.3) is 21.6 Å². The fourth-order valence-corrected chi connectivity index (χ4v) is 12.5. The van der Waals surface area contributed by atoms with E-state index in [0.717, 1.165) is 89.9 Å². The number of aromatic nitrogens is 5. The van der Waals surface area contributed by atoms with Gasteiger partial charge in [0, 0.05) is 107 Å². The molecule has 3 aromatic heterocycles. The number of unbranched alkanes of at least 4 members (excludes halogenated alkanes) is 5. The first-order valence-corrected chi connectivity index (χ1v) is 29.6. The van der Waals surface area contributed by atoms with Gasteiger partial charge in [-0.25, -0.2) is 18.6 Å². The number of halogens is 2. The van der Waals surface area contributed by atoms with E-state index < -0.39 is 35.9 Å². The van der Waals surface area contributed by atoms with Crippen molar-refractivity contribution in [3.63, 3.8) is 0 Å². The molecule has 7 heterocycles. The molecule has 0 unspecified atom stereocenters. The fourth-order valence-electron chi connectivity index (χ4n) is 11.7. The minimum Gasteiger partial charge on any atom is -0.391 e. The Morgan fingerprint density at radius 3 is 2.40 bits per heavy atom. The first-order chi connectivity index (χ1) is 39.0. The summed E-state index contributed by atoms with van der Waals surface area (Å²) in [6.45, 7) is 11.0. The molecule has 0 saturated carbocycles. The Morgan fingerprint density at radius 2 is 1.68 bits per heavy atom.